The summed E-state index contributed by atoms with van der Waals surface area (Å²) in [5.41, 5.74) is 10.1. The van der Waals surface area contributed by atoms with Gasteiger partial charge in [0.2, 0.25) is 0 Å². The van der Waals surface area contributed by atoms with E-state index >= 15 is 0 Å². The van der Waals surface area contributed by atoms with Crippen LogP contribution in [0.25, 0.3) is 49.4 Å². The third kappa shape index (κ3) is 5.89. The molecule has 0 radical (unpaired) electrons. The fourth-order valence-electron chi connectivity index (χ4n) is 6.68. The minimum absolute atomic E-state index is 0.114. The van der Waals surface area contributed by atoms with Gasteiger partial charge in [0, 0.05) is 39.0 Å². The zero-order valence-electron chi connectivity index (χ0n) is 27.3. The first-order valence-corrected chi connectivity index (χ1v) is 17.3. The van der Waals surface area contributed by atoms with Crippen LogP contribution in [0.3, 0.4) is 0 Å². The van der Waals surface area contributed by atoms with E-state index in [1.54, 1.807) is 0 Å². The first kappa shape index (κ1) is 31.1. The van der Waals surface area contributed by atoms with Crippen molar-refractivity contribution in [2.75, 3.05) is 5.32 Å². The van der Waals surface area contributed by atoms with Crippen LogP contribution in [0, 0.1) is 5.41 Å². The van der Waals surface area contributed by atoms with E-state index in [2.05, 4.69) is 121 Å². The summed E-state index contributed by atoms with van der Waals surface area (Å²) in [7, 11) is 2.88. The van der Waals surface area contributed by atoms with Gasteiger partial charge in [0.25, 0.3) is 0 Å². The number of benzene rings is 7. The molecule has 50 heavy (non-hydrogen) atoms. The third-order valence-corrected chi connectivity index (χ3v) is 9.52. The van der Waals surface area contributed by atoms with Crippen molar-refractivity contribution in [3.05, 3.63) is 174 Å². The van der Waals surface area contributed by atoms with Crippen LogP contribution in [0.5, 0.6) is 0 Å². The fourth-order valence-corrected chi connectivity index (χ4v) is 7.01. The van der Waals surface area contributed by atoms with Crippen LogP contribution < -0.4 is 5.32 Å². The van der Waals surface area contributed by atoms with Gasteiger partial charge in [0.15, 0.2) is 11.7 Å². The molecule has 0 fully saturated rings. The molecular weight excluding hydrogens is 629 g/mol. The Morgan fingerprint density at radius 1 is 0.640 bits per heavy atom. The number of hydrogen-bond donors (Lipinski definition) is 2. The second-order valence-electron chi connectivity index (χ2n) is 12.2. The summed E-state index contributed by atoms with van der Waals surface area (Å²) in [6.45, 7) is 3.75. The van der Waals surface area contributed by atoms with E-state index in [0.29, 0.717) is 11.4 Å². The zero-order chi connectivity index (χ0) is 34.0. The van der Waals surface area contributed by atoms with Gasteiger partial charge in [-0.25, -0.2) is 9.98 Å². The third-order valence-electron chi connectivity index (χ3n) is 9.08. The fraction of sp³-hybridized carbons (Fsp3) is 0.0227. The van der Waals surface area contributed by atoms with Gasteiger partial charge in [0.1, 0.15) is 0 Å². The molecule has 0 saturated heterocycles. The predicted molar refractivity (Wildman–Crippen MR) is 216 cm³/mol. The zero-order valence-corrected chi connectivity index (χ0v) is 28.5. The van der Waals surface area contributed by atoms with Crippen molar-refractivity contribution in [2.24, 2.45) is 9.98 Å². The number of aliphatic imine (C=N–C) groups is 2. The van der Waals surface area contributed by atoms with Crippen LogP contribution in [0.2, 0.25) is 0 Å². The number of fused-ring (bicyclic) bond motifs is 4. The summed E-state index contributed by atoms with van der Waals surface area (Å²) in [6.07, 6.45) is 0.835. The Morgan fingerprint density at radius 2 is 1.32 bits per heavy atom. The Hall–Kier alpha value is -6.16. The lowest BCUT2D eigenvalue weighted by Gasteiger charge is -2.15. The molecule has 1 heterocycles. The SMILES string of the molecule is C=NC(=NC(=N)c1cc(-c2ccccc2)cc(-n2c3ccccc3c3cc4cc(CP)c(Nc5ccccc5)cc4cc32)c1)c1ccccc1. The van der Waals surface area contributed by atoms with E-state index in [-0.39, 0.29) is 5.84 Å². The van der Waals surface area contributed by atoms with Crippen molar-refractivity contribution in [3.63, 3.8) is 0 Å². The van der Waals surface area contributed by atoms with E-state index in [0.717, 1.165) is 56.3 Å². The van der Waals surface area contributed by atoms with Gasteiger partial charge in [0.05, 0.1) is 11.0 Å². The lowest BCUT2D eigenvalue weighted by atomic mass is 10.0. The van der Waals surface area contributed by atoms with Gasteiger partial charge < -0.3 is 9.88 Å². The van der Waals surface area contributed by atoms with Crippen molar-refractivity contribution >= 4 is 71.6 Å². The molecule has 1 unspecified atom stereocenters. The quantitative estimate of drug-likeness (QED) is 0.0995. The minimum atomic E-state index is 0.114. The molecule has 6 heteroatoms. The summed E-state index contributed by atoms with van der Waals surface area (Å²) < 4.78 is 2.31. The highest BCUT2D eigenvalue weighted by Crippen LogP contribution is 2.38. The van der Waals surface area contributed by atoms with Crippen LogP contribution in [-0.4, -0.2) is 23.0 Å². The average molecular weight is 664 g/mol. The Balaban J connectivity index is 1.35. The second kappa shape index (κ2) is 13.4. The first-order chi connectivity index (χ1) is 24.6. The summed E-state index contributed by atoms with van der Waals surface area (Å²) in [4.78, 5) is 8.85. The lowest BCUT2D eigenvalue weighted by Crippen LogP contribution is -2.05. The maximum Gasteiger partial charge on any atom is 0.161 e. The van der Waals surface area contributed by atoms with Crippen molar-refractivity contribution < 1.29 is 0 Å². The molecular formula is C44H34N5P. The molecule has 0 aliphatic carbocycles. The molecule has 1 aromatic heterocycles. The maximum absolute atomic E-state index is 9.19. The van der Waals surface area contributed by atoms with Gasteiger partial charge in [-0.3, -0.25) is 5.41 Å². The van der Waals surface area contributed by atoms with E-state index in [1.807, 2.05) is 72.8 Å². The van der Waals surface area contributed by atoms with E-state index < -0.39 is 0 Å². The van der Waals surface area contributed by atoms with Crippen LogP contribution in [0.1, 0.15) is 16.7 Å². The highest BCUT2D eigenvalue weighted by Gasteiger charge is 2.17. The number of nitrogens with one attached hydrogen (secondary N) is 2. The van der Waals surface area contributed by atoms with Gasteiger partial charge in [-0.15, -0.1) is 9.24 Å². The van der Waals surface area contributed by atoms with Crippen LogP contribution in [-0.2, 0) is 6.16 Å². The van der Waals surface area contributed by atoms with Gasteiger partial charge >= 0.3 is 0 Å². The lowest BCUT2D eigenvalue weighted by molar-refractivity contribution is 1.18. The van der Waals surface area contributed by atoms with Gasteiger partial charge in [-0.1, -0.05) is 97.1 Å². The van der Waals surface area contributed by atoms with Crippen molar-refractivity contribution in [1.82, 2.24) is 4.57 Å². The van der Waals surface area contributed by atoms with Crippen LogP contribution >= 0.6 is 9.24 Å². The van der Waals surface area contributed by atoms with Gasteiger partial charge in [-0.05, 0) is 101 Å². The van der Waals surface area contributed by atoms with Crippen molar-refractivity contribution in [3.8, 4) is 16.8 Å². The summed E-state index contributed by atoms with van der Waals surface area (Å²) in [5, 5.41) is 17.5. The van der Waals surface area contributed by atoms with Crippen molar-refractivity contribution in [2.45, 2.75) is 6.16 Å². The molecule has 2 N–H and O–H groups in total. The molecule has 8 aromatic rings. The number of aromatic nitrogens is 1. The largest absolute Gasteiger partial charge is 0.355 e. The molecule has 5 nitrogen and oxygen atoms in total. The second-order valence-corrected chi connectivity index (χ2v) is 12.6. The Morgan fingerprint density at radius 3 is 2.06 bits per heavy atom. The van der Waals surface area contributed by atoms with Crippen LogP contribution in [0.15, 0.2) is 168 Å². The molecule has 1 atom stereocenters. The smallest absolute Gasteiger partial charge is 0.161 e. The normalized spacial score (nSPS) is 11.7. The minimum Gasteiger partial charge on any atom is -0.355 e. The standard InChI is InChI=1S/C44H34N5P/c1-46-44(30-15-7-3-8-16-30)48-43(45)34-21-31(29-13-5-2-6-14-29)23-37(24-34)49-41-20-12-11-19-38(41)39-25-32-22-35(28-50)40(26-33(32)27-42(39)49)47-36-17-9-4-10-18-36/h2-27,45,47H,1,28,50H2. The number of hydrogen-bond acceptors (Lipinski definition) is 2. The molecule has 0 bridgehead atoms. The molecule has 0 aliphatic rings. The predicted octanol–water partition coefficient (Wildman–Crippen LogP) is 11.2. The van der Waals surface area contributed by atoms with Crippen molar-refractivity contribution in [1.29, 1.82) is 5.41 Å². The Labute approximate surface area is 293 Å². The highest BCUT2D eigenvalue weighted by atomic mass is 31.0. The molecule has 7 aromatic carbocycles. The van der Waals surface area contributed by atoms with Gasteiger partial charge in [-0.2, -0.15) is 0 Å². The van der Waals surface area contributed by atoms with E-state index in [9.17, 15) is 5.41 Å². The topological polar surface area (TPSA) is 65.5 Å². The highest BCUT2D eigenvalue weighted by molar-refractivity contribution is 7.15. The number of para-hydroxylation sites is 2. The van der Waals surface area contributed by atoms with E-state index in [1.165, 1.54) is 21.7 Å². The average Bonchev–Trinajstić information content (AvgIpc) is 3.49. The summed E-state index contributed by atoms with van der Waals surface area (Å²) in [6, 6.07) is 54.3. The number of rotatable bonds is 7. The Bertz CT molecular complexity index is 2570. The van der Waals surface area contributed by atoms with E-state index in [4.69, 9.17) is 0 Å². The summed E-state index contributed by atoms with van der Waals surface area (Å²) >= 11 is 0. The maximum atomic E-state index is 9.19. The van der Waals surface area contributed by atoms with Crippen LogP contribution in [0.4, 0.5) is 11.4 Å². The molecule has 0 saturated carbocycles. The number of nitrogens with zero attached hydrogens (tertiary/aromatic N) is 3. The number of amidine groups is 2. The Kier molecular flexibility index (Phi) is 8.34. The first-order valence-electron chi connectivity index (χ1n) is 16.5. The number of anilines is 2. The molecule has 0 spiro atoms. The molecule has 240 valence electrons. The molecule has 0 aliphatic heterocycles. The molecule has 0 amide bonds. The molecule has 8 rings (SSSR count). The monoisotopic (exact) mass is 663 g/mol. The summed E-state index contributed by atoms with van der Waals surface area (Å²) in [5.74, 6) is 0.526.